The minimum Gasteiger partial charge on any atom is -0.312 e. The van der Waals surface area contributed by atoms with Gasteiger partial charge in [0.05, 0.1) is 11.7 Å². The van der Waals surface area contributed by atoms with Crippen LogP contribution in [0.15, 0.2) is 22.6 Å². The summed E-state index contributed by atoms with van der Waals surface area (Å²) in [4.78, 5) is 17.4. The molecule has 1 fully saturated rings. The van der Waals surface area contributed by atoms with E-state index in [1.165, 1.54) is 37.0 Å². The summed E-state index contributed by atoms with van der Waals surface area (Å²) >= 11 is 1.52. The number of nitrogens with one attached hydrogen (secondary N) is 1. The molecule has 20 heavy (non-hydrogen) atoms. The quantitative estimate of drug-likeness (QED) is 0.942. The third kappa shape index (κ3) is 2.79. The Morgan fingerprint density at radius 1 is 1.45 bits per heavy atom. The second kappa shape index (κ2) is 6.06. The van der Waals surface area contributed by atoms with Gasteiger partial charge >= 0.3 is 0 Å². The van der Waals surface area contributed by atoms with E-state index in [0.29, 0.717) is 12.6 Å². The van der Waals surface area contributed by atoms with E-state index in [-0.39, 0.29) is 5.56 Å². The van der Waals surface area contributed by atoms with Crippen LogP contribution in [0.2, 0.25) is 0 Å². The van der Waals surface area contributed by atoms with Crippen LogP contribution >= 0.6 is 11.3 Å². The molecule has 0 aliphatic heterocycles. The van der Waals surface area contributed by atoms with E-state index in [4.69, 9.17) is 0 Å². The smallest absolute Gasteiger partial charge is 0.262 e. The fraction of sp³-hybridized carbons (Fsp3) is 0.600. The topological polar surface area (TPSA) is 46.9 Å². The maximum Gasteiger partial charge on any atom is 0.262 e. The van der Waals surface area contributed by atoms with Gasteiger partial charge in [-0.25, -0.2) is 4.98 Å². The molecule has 2 aromatic heterocycles. The highest BCUT2D eigenvalue weighted by atomic mass is 32.1. The summed E-state index contributed by atoms with van der Waals surface area (Å²) in [6.45, 7) is 3.86. The average Bonchev–Trinajstić information content (AvgIpc) is 2.93. The zero-order valence-electron chi connectivity index (χ0n) is 11.8. The number of hydrogen-bond donors (Lipinski definition) is 1. The average molecular weight is 291 g/mol. The minimum atomic E-state index is 0.0785. The Bertz CT molecular complexity index is 633. The molecular formula is C15H21N3OS. The lowest BCUT2D eigenvalue weighted by molar-refractivity contribution is 0.278. The number of aromatic nitrogens is 2. The molecule has 3 rings (SSSR count). The monoisotopic (exact) mass is 291 g/mol. The first-order valence-corrected chi connectivity index (χ1v) is 8.29. The van der Waals surface area contributed by atoms with Crippen LogP contribution in [-0.2, 0) is 6.54 Å². The minimum absolute atomic E-state index is 0.0785. The van der Waals surface area contributed by atoms with Gasteiger partial charge < -0.3 is 5.32 Å². The Hall–Kier alpha value is -1.20. The molecule has 2 atom stereocenters. The largest absolute Gasteiger partial charge is 0.312 e. The lowest BCUT2D eigenvalue weighted by Crippen LogP contribution is -2.39. The van der Waals surface area contributed by atoms with E-state index in [1.807, 2.05) is 11.4 Å². The summed E-state index contributed by atoms with van der Waals surface area (Å²) < 4.78 is 1.72. The molecule has 1 aliphatic carbocycles. The van der Waals surface area contributed by atoms with Crippen molar-refractivity contribution < 1.29 is 0 Å². The lowest BCUT2D eigenvalue weighted by Gasteiger charge is -2.29. The molecule has 1 saturated carbocycles. The van der Waals surface area contributed by atoms with Gasteiger partial charge in [0.2, 0.25) is 0 Å². The molecule has 2 heterocycles. The molecular weight excluding hydrogens is 270 g/mol. The van der Waals surface area contributed by atoms with Crippen LogP contribution in [0.5, 0.6) is 0 Å². The van der Waals surface area contributed by atoms with Gasteiger partial charge in [0.25, 0.3) is 5.56 Å². The van der Waals surface area contributed by atoms with Crippen LogP contribution in [0.1, 0.15) is 32.6 Å². The standard InChI is InChI=1S/C15H21N3OS/c1-11-4-2-3-5-13(11)16-7-8-18-10-17-14-12(15(18)19)6-9-20-14/h6,9-11,13,16H,2-5,7-8H2,1H3. The number of thiophene rings is 1. The zero-order chi connectivity index (χ0) is 13.9. The van der Waals surface area contributed by atoms with Crippen molar-refractivity contribution in [3.8, 4) is 0 Å². The van der Waals surface area contributed by atoms with Crippen molar-refractivity contribution in [3.63, 3.8) is 0 Å². The first kappa shape index (κ1) is 13.8. The second-order valence-corrected chi connectivity index (χ2v) is 6.60. The van der Waals surface area contributed by atoms with Crippen molar-refractivity contribution in [2.24, 2.45) is 5.92 Å². The summed E-state index contributed by atoms with van der Waals surface area (Å²) in [5.41, 5.74) is 0.0785. The maximum atomic E-state index is 12.2. The Morgan fingerprint density at radius 2 is 2.30 bits per heavy atom. The van der Waals surface area contributed by atoms with Crippen molar-refractivity contribution in [3.05, 3.63) is 28.1 Å². The molecule has 1 aliphatic rings. The van der Waals surface area contributed by atoms with Crippen molar-refractivity contribution in [2.75, 3.05) is 6.54 Å². The van der Waals surface area contributed by atoms with Gasteiger partial charge in [0, 0.05) is 19.1 Å². The Labute approximate surface area is 122 Å². The summed E-state index contributed by atoms with van der Waals surface area (Å²) in [6.07, 6.45) is 6.94. The number of hydrogen-bond acceptors (Lipinski definition) is 4. The highest BCUT2D eigenvalue weighted by Crippen LogP contribution is 2.23. The summed E-state index contributed by atoms with van der Waals surface area (Å²) in [5, 5.41) is 6.27. The van der Waals surface area contributed by atoms with Gasteiger partial charge in [-0.1, -0.05) is 19.8 Å². The van der Waals surface area contributed by atoms with E-state index >= 15 is 0 Å². The molecule has 0 saturated heterocycles. The van der Waals surface area contributed by atoms with Crippen molar-refractivity contribution in [2.45, 2.75) is 45.2 Å². The molecule has 5 heteroatoms. The molecule has 2 unspecified atom stereocenters. The van der Waals surface area contributed by atoms with E-state index < -0.39 is 0 Å². The van der Waals surface area contributed by atoms with Gasteiger partial charge in [0.15, 0.2) is 0 Å². The SMILES string of the molecule is CC1CCCCC1NCCn1cnc2sccc2c1=O. The van der Waals surface area contributed by atoms with Crippen LogP contribution in [-0.4, -0.2) is 22.1 Å². The highest BCUT2D eigenvalue weighted by Gasteiger charge is 2.20. The Morgan fingerprint density at radius 3 is 3.15 bits per heavy atom. The van der Waals surface area contributed by atoms with E-state index in [2.05, 4.69) is 17.2 Å². The summed E-state index contributed by atoms with van der Waals surface area (Å²) in [7, 11) is 0. The normalized spacial score (nSPS) is 23.2. The number of fused-ring (bicyclic) bond motifs is 1. The Balaban J connectivity index is 1.62. The predicted molar refractivity (Wildman–Crippen MR) is 83.3 cm³/mol. The number of nitrogens with zero attached hydrogens (tertiary/aromatic N) is 2. The van der Waals surface area contributed by atoms with Gasteiger partial charge in [-0.05, 0) is 30.2 Å². The molecule has 4 nitrogen and oxygen atoms in total. The van der Waals surface area contributed by atoms with Crippen molar-refractivity contribution in [1.29, 1.82) is 0 Å². The first-order chi connectivity index (χ1) is 9.75. The zero-order valence-corrected chi connectivity index (χ0v) is 12.7. The third-order valence-electron chi connectivity index (χ3n) is 4.32. The van der Waals surface area contributed by atoms with Gasteiger partial charge in [-0.15, -0.1) is 11.3 Å². The van der Waals surface area contributed by atoms with Crippen molar-refractivity contribution >= 4 is 21.6 Å². The molecule has 0 aromatic carbocycles. The maximum absolute atomic E-state index is 12.2. The van der Waals surface area contributed by atoms with E-state index in [1.54, 1.807) is 10.9 Å². The van der Waals surface area contributed by atoms with Gasteiger partial charge in [0.1, 0.15) is 4.83 Å². The lowest BCUT2D eigenvalue weighted by atomic mass is 9.86. The summed E-state index contributed by atoms with van der Waals surface area (Å²) in [6, 6.07) is 2.47. The molecule has 1 N–H and O–H groups in total. The van der Waals surface area contributed by atoms with Crippen LogP contribution in [0.3, 0.4) is 0 Å². The molecule has 0 spiro atoms. The van der Waals surface area contributed by atoms with Crippen LogP contribution in [0, 0.1) is 5.92 Å². The molecule has 2 aromatic rings. The highest BCUT2D eigenvalue weighted by molar-refractivity contribution is 7.16. The van der Waals surface area contributed by atoms with Crippen LogP contribution in [0.4, 0.5) is 0 Å². The van der Waals surface area contributed by atoms with Gasteiger partial charge in [-0.3, -0.25) is 9.36 Å². The first-order valence-electron chi connectivity index (χ1n) is 7.42. The molecule has 0 amide bonds. The molecule has 0 bridgehead atoms. The van der Waals surface area contributed by atoms with E-state index in [9.17, 15) is 4.79 Å². The Kier molecular flexibility index (Phi) is 4.17. The van der Waals surface area contributed by atoms with Crippen LogP contribution in [0.25, 0.3) is 10.2 Å². The van der Waals surface area contributed by atoms with Crippen LogP contribution < -0.4 is 10.9 Å². The predicted octanol–water partition coefficient (Wildman–Crippen LogP) is 2.63. The third-order valence-corrected chi connectivity index (χ3v) is 5.14. The molecule has 108 valence electrons. The summed E-state index contributed by atoms with van der Waals surface area (Å²) in [5.74, 6) is 0.748. The van der Waals surface area contributed by atoms with Gasteiger partial charge in [-0.2, -0.15) is 0 Å². The second-order valence-electron chi connectivity index (χ2n) is 5.70. The van der Waals surface area contributed by atoms with Crippen molar-refractivity contribution in [1.82, 2.24) is 14.9 Å². The number of rotatable bonds is 4. The fourth-order valence-electron chi connectivity index (χ4n) is 3.04. The van der Waals surface area contributed by atoms with E-state index in [0.717, 1.165) is 22.7 Å². The fourth-order valence-corrected chi connectivity index (χ4v) is 3.77. The molecule has 0 radical (unpaired) electrons.